The van der Waals surface area contributed by atoms with E-state index in [1.807, 2.05) is 13.2 Å². The quantitative estimate of drug-likeness (QED) is 0.834. The SMILES string of the molecule is CSC(C)CNC(=O)c1cc(C)nc(N)c1. The number of nitrogens with two attached hydrogens (primary N) is 1. The first-order chi connectivity index (χ1) is 7.52. The van der Waals surface area contributed by atoms with Crippen molar-refractivity contribution in [1.29, 1.82) is 0 Å². The van der Waals surface area contributed by atoms with Gasteiger partial charge in [0, 0.05) is 23.1 Å². The molecule has 0 bridgehead atoms. The molecule has 4 nitrogen and oxygen atoms in total. The summed E-state index contributed by atoms with van der Waals surface area (Å²) in [5.41, 5.74) is 6.90. The third-order valence-electron chi connectivity index (χ3n) is 2.19. The van der Waals surface area contributed by atoms with Gasteiger partial charge in [-0.15, -0.1) is 0 Å². The molecule has 0 fully saturated rings. The van der Waals surface area contributed by atoms with Crippen molar-refractivity contribution in [3.63, 3.8) is 0 Å². The van der Waals surface area contributed by atoms with Gasteiger partial charge in [0.1, 0.15) is 5.82 Å². The first-order valence-electron chi connectivity index (χ1n) is 5.08. The zero-order chi connectivity index (χ0) is 12.1. The molecule has 0 aromatic carbocycles. The molecular weight excluding hydrogens is 222 g/mol. The Morgan fingerprint density at radius 1 is 1.62 bits per heavy atom. The zero-order valence-corrected chi connectivity index (χ0v) is 10.6. The van der Waals surface area contributed by atoms with Gasteiger partial charge in [-0.3, -0.25) is 4.79 Å². The molecule has 1 aromatic rings. The molecule has 1 aromatic heterocycles. The molecule has 0 aliphatic rings. The second-order valence-electron chi connectivity index (χ2n) is 3.68. The van der Waals surface area contributed by atoms with E-state index in [1.54, 1.807) is 23.9 Å². The maximum Gasteiger partial charge on any atom is 0.251 e. The molecule has 0 saturated carbocycles. The van der Waals surface area contributed by atoms with E-state index in [2.05, 4.69) is 17.2 Å². The molecule has 5 heteroatoms. The molecule has 0 aliphatic heterocycles. The number of pyridine rings is 1. The average Bonchev–Trinajstić information content (AvgIpc) is 2.23. The van der Waals surface area contributed by atoms with Crippen molar-refractivity contribution in [2.24, 2.45) is 0 Å². The molecule has 1 amide bonds. The molecular formula is C11H17N3OS. The normalized spacial score (nSPS) is 12.2. The molecule has 0 radical (unpaired) electrons. The van der Waals surface area contributed by atoms with Crippen LogP contribution in [0.15, 0.2) is 12.1 Å². The van der Waals surface area contributed by atoms with Crippen molar-refractivity contribution in [2.75, 3.05) is 18.5 Å². The highest BCUT2D eigenvalue weighted by atomic mass is 32.2. The second kappa shape index (κ2) is 5.75. The monoisotopic (exact) mass is 239 g/mol. The molecule has 3 N–H and O–H groups in total. The number of nitrogen functional groups attached to an aromatic ring is 1. The van der Waals surface area contributed by atoms with E-state index in [0.717, 1.165) is 5.69 Å². The fourth-order valence-corrected chi connectivity index (χ4v) is 1.50. The van der Waals surface area contributed by atoms with Gasteiger partial charge < -0.3 is 11.1 Å². The summed E-state index contributed by atoms with van der Waals surface area (Å²) in [6.07, 6.45) is 2.02. The Balaban J connectivity index is 2.66. The number of carbonyl (C=O) groups is 1. The molecule has 1 atom stereocenters. The number of hydrogen-bond donors (Lipinski definition) is 2. The van der Waals surface area contributed by atoms with E-state index in [1.165, 1.54) is 0 Å². The molecule has 1 heterocycles. The van der Waals surface area contributed by atoms with Crippen LogP contribution in [0.1, 0.15) is 23.0 Å². The van der Waals surface area contributed by atoms with Gasteiger partial charge in [-0.1, -0.05) is 6.92 Å². The molecule has 16 heavy (non-hydrogen) atoms. The topological polar surface area (TPSA) is 68.0 Å². The molecule has 0 aliphatic carbocycles. The predicted octanol–water partition coefficient (Wildman–Crippen LogP) is 1.45. The molecule has 1 unspecified atom stereocenters. The number of rotatable bonds is 4. The smallest absolute Gasteiger partial charge is 0.251 e. The number of aromatic nitrogens is 1. The van der Waals surface area contributed by atoms with Crippen LogP contribution in [0.3, 0.4) is 0 Å². The van der Waals surface area contributed by atoms with Gasteiger partial charge in [0.25, 0.3) is 5.91 Å². The van der Waals surface area contributed by atoms with E-state index in [9.17, 15) is 4.79 Å². The lowest BCUT2D eigenvalue weighted by Gasteiger charge is -2.10. The Morgan fingerprint density at radius 2 is 2.31 bits per heavy atom. The van der Waals surface area contributed by atoms with Gasteiger partial charge in [-0.05, 0) is 25.3 Å². The lowest BCUT2D eigenvalue weighted by molar-refractivity contribution is 0.0954. The maximum atomic E-state index is 11.8. The van der Waals surface area contributed by atoms with E-state index < -0.39 is 0 Å². The standard InChI is InChI=1S/C11H17N3OS/c1-7-4-9(5-10(12)14-7)11(15)13-6-8(2)16-3/h4-5,8H,6H2,1-3H3,(H2,12,14)(H,13,15). The maximum absolute atomic E-state index is 11.8. The van der Waals surface area contributed by atoms with Crippen molar-refractivity contribution in [1.82, 2.24) is 10.3 Å². The molecule has 88 valence electrons. The molecule has 0 saturated heterocycles. The summed E-state index contributed by atoms with van der Waals surface area (Å²) in [7, 11) is 0. The number of carbonyl (C=O) groups excluding carboxylic acids is 1. The van der Waals surface area contributed by atoms with Crippen molar-refractivity contribution >= 4 is 23.5 Å². The van der Waals surface area contributed by atoms with Crippen molar-refractivity contribution in [3.8, 4) is 0 Å². The minimum atomic E-state index is -0.0990. The summed E-state index contributed by atoms with van der Waals surface area (Å²) >= 11 is 1.72. The Morgan fingerprint density at radius 3 is 2.88 bits per heavy atom. The first-order valence-corrected chi connectivity index (χ1v) is 6.37. The highest BCUT2D eigenvalue weighted by molar-refractivity contribution is 7.99. The van der Waals surface area contributed by atoms with E-state index >= 15 is 0 Å². The largest absolute Gasteiger partial charge is 0.384 e. The Hall–Kier alpha value is -1.23. The van der Waals surface area contributed by atoms with Crippen LogP contribution >= 0.6 is 11.8 Å². The van der Waals surface area contributed by atoms with Crippen LogP contribution in [0.5, 0.6) is 0 Å². The Bertz CT molecular complexity index is 361. The number of aryl methyl sites for hydroxylation is 1. The minimum Gasteiger partial charge on any atom is -0.384 e. The minimum absolute atomic E-state index is 0.0990. The van der Waals surface area contributed by atoms with E-state index in [0.29, 0.717) is 23.2 Å². The third kappa shape index (κ3) is 3.73. The highest BCUT2D eigenvalue weighted by Gasteiger charge is 2.08. The van der Waals surface area contributed by atoms with Crippen LogP contribution in [0.2, 0.25) is 0 Å². The van der Waals surface area contributed by atoms with Crippen LogP contribution in [-0.4, -0.2) is 28.9 Å². The van der Waals surface area contributed by atoms with Crippen LogP contribution in [0.25, 0.3) is 0 Å². The Labute approximate surface area is 100 Å². The lowest BCUT2D eigenvalue weighted by Crippen LogP contribution is -2.29. The summed E-state index contributed by atoms with van der Waals surface area (Å²) < 4.78 is 0. The van der Waals surface area contributed by atoms with Gasteiger partial charge in [0.05, 0.1) is 0 Å². The van der Waals surface area contributed by atoms with Crippen molar-refractivity contribution < 1.29 is 4.79 Å². The van der Waals surface area contributed by atoms with Crippen molar-refractivity contribution in [2.45, 2.75) is 19.1 Å². The van der Waals surface area contributed by atoms with Gasteiger partial charge in [-0.2, -0.15) is 11.8 Å². The van der Waals surface area contributed by atoms with Gasteiger partial charge in [0.15, 0.2) is 0 Å². The van der Waals surface area contributed by atoms with Crippen LogP contribution in [0.4, 0.5) is 5.82 Å². The third-order valence-corrected chi connectivity index (χ3v) is 3.16. The fraction of sp³-hybridized carbons (Fsp3) is 0.455. The summed E-state index contributed by atoms with van der Waals surface area (Å²) in [6, 6.07) is 3.32. The Kier molecular flexibility index (Phi) is 4.61. The lowest BCUT2D eigenvalue weighted by atomic mass is 10.2. The van der Waals surface area contributed by atoms with Crippen molar-refractivity contribution in [3.05, 3.63) is 23.4 Å². The van der Waals surface area contributed by atoms with Gasteiger partial charge >= 0.3 is 0 Å². The predicted molar refractivity (Wildman–Crippen MR) is 68.7 cm³/mol. The number of hydrogen-bond acceptors (Lipinski definition) is 4. The molecule has 1 rings (SSSR count). The van der Waals surface area contributed by atoms with Crippen LogP contribution < -0.4 is 11.1 Å². The van der Waals surface area contributed by atoms with Crippen LogP contribution in [0, 0.1) is 6.92 Å². The van der Waals surface area contributed by atoms with Gasteiger partial charge in [0.2, 0.25) is 0 Å². The number of anilines is 1. The number of nitrogens with zero attached hydrogens (tertiary/aromatic N) is 1. The van der Waals surface area contributed by atoms with Crippen LogP contribution in [-0.2, 0) is 0 Å². The van der Waals surface area contributed by atoms with E-state index in [4.69, 9.17) is 5.73 Å². The summed E-state index contributed by atoms with van der Waals surface area (Å²) in [6.45, 7) is 4.54. The number of nitrogens with one attached hydrogen (secondary N) is 1. The fourth-order valence-electron chi connectivity index (χ4n) is 1.25. The highest BCUT2D eigenvalue weighted by Crippen LogP contribution is 2.08. The van der Waals surface area contributed by atoms with E-state index in [-0.39, 0.29) is 5.91 Å². The molecule has 0 spiro atoms. The number of amides is 1. The zero-order valence-electron chi connectivity index (χ0n) is 9.78. The average molecular weight is 239 g/mol. The first kappa shape index (κ1) is 12.8. The number of thioether (sulfide) groups is 1. The summed E-state index contributed by atoms with van der Waals surface area (Å²) in [5, 5.41) is 3.27. The summed E-state index contributed by atoms with van der Waals surface area (Å²) in [4.78, 5) is 15.8. The summed E-state index contributed by atoms with van der Waals surface area (Å²) in [5.74, 6) is 0.279. The van der Waals surface area contributed by atoms with Gasteiger partial charge in [-0.25, -0.2) is 4.98 Å². The second-order valence-corrected chi connectivity index (χ2v) is 4.95.